The Morgan fingerprint density at radius 2 is 1.82 bits per heavy atom. The Morgan fingerprint density at radius 1 is 1.11 bits per heavy atom. The van der Waals surface area contributed by atoms with Crippen LogP contribution in [0, 0.1) is 5.92 Å². The lowest BCUT2D eigenvalue weighted by molar-refractivity contribution is -0.137. The molecule has 2 unspecified atom stereocenters. The highest BCUT2D eigenvalue weighted by molar-refractivity contribution is 7.13. The van der Waals surface area contributed by atoms with Gasteiger partial charge >= 0.3 is 0 Å². The van der Waals surface area contributed by atoms with Crippen LogP contribution >= 0.6 is 36.2 Å². The number of amides is 1. The fraction of sp³-hybridized carbons (Fsp3) is 0.500. The lowest BCUT2D eigenvalue weighted by atomic mass is 10.1. The smallest absolute Gasteiger partial charge is 0.225 e. The maximum absolute atomic E-state index is 12.6. The Bertz CT molecular complexity index is 750. The number of carbonyl (C=O) groups excluding carboxylic acids is 1. The molecule has 0 radical (unpaired) electrons. The first kappa shape index (κ1) is 23.1. The van der Waals surface area contributed by atoms with E-state index in [-0.39, 0.29) is 36.8 Å². The van der Waals surface area contributed by atoms with Crippen LogP contribution in [0.4, 0.5) is 0 Å². The van der Waals surface area contributed by atoms with Crippen LogP contribution in [0.3, 0.4) is 0 Å². The number of piperazine rings is 1. The molecular formula is C20H28Cl2N4OS. The standard InChI is InChI=1S/C20H26N4OS.2ClH/c21-17-7-6-16(12-17)20(25)24-10-8-23(9-11-24)13-18-14-26-19(22-18)15-4-2-1-3-5-15;;/h1-5,14,16-17H,6-13,21H2;2*1H. The van der Waals surface area contributed by atoms with Gasteiger partial charge in [0.15, 0.2) is 0 Å². The quantitative estimate of drug-likeness (QED) is 0.787. The van der Waals surface area contributed by atoms with Crippen molar-refractivity contribution in [2.75, 3.05) is 26.2 Å². The minimum atomic E-state index is 0. The number of benzene rings is 1. The number of nitrogens with two attached hydrogens (primary N) is 1. The van der Waals surface area contributed by atoms with Gasteiger partial charge in [-0.05, 0) is 19.3 Å². The van der Waals surface area contributed by atoms with Crippen LogP contribution in [0.15, 0.2) is 35.7 Å². The Balaban J connectivity index is 0.00000140. The summed E-state index contributed by atoms with van der Waals surface area (Å²) in [6.07, 6.45) is 2.81. The molecular weight excluding hydrogens is 415 g/mol. The van der Waals surface area contributed by atoms with Crippen LogP contribution in [0.5, 0.6) is 0 Å². The summed E-state index contributed by atoms with van der Waals surface area (Å²) in [5.74, 6) is 0.473. The summed E-state index contributed by atoms with van der Waals surface area (Å²) in [6, 6.07) is 10.5. The molecule has 0 spiro atoms. The van der Waals surface area contributed by atoms with Crippen molar-refractivity contribution >= 4 is 42.1 Å². The molecule has 1 aliphatic heterocycles. The number of thiazole rings is 1. The largest absolute Gasteiger partial charge is 0.340 e. The van der Waals surface area contributed by atoms with Crippen molar-refractivity contribution in [2.45, 2.75) is 31.8 Å². The zero-order valence-corrected chi connectivity index (χ0v) is 18.3. The van der Waals surface area contributed by atoms with Gasteiger partial charge in [0.1, 0.15) is 5.01 Å². The van der Waals surface area contributed by atoms with Crippen molar-refractivity contribution in [1.82, 2.24) is 14.8 Å². The van der Waals surface area contributed by atoms with Crippen molar-refractivity contribution in [3.05, 3.63) is 41.4 Å². The predicted octanol–water partition coefficient (Wildman–Crippen LogP) is 3.43. The van der Waals surface area contributed by atoms with Crippen LogP contribution < -0.4 is 5.73 Å². The molecule has 1 aromatic carbocycles. The van der Waals surface area contributed by atoms with Gasteiger partial charge in [-0.2, -0.15) is 0 Å². The predicted molar refractivity (Wildman–Crippen MR) is 119 cm³/mol. The monoisotopic (exact) mass is 442 g/mol. The molecule has 1 saturated carbocycles. The average Bonchev–Trinajstić information content (AvgIpc) is 3.32. The molecule has 2 fully saturated rings. The second-order valence-electron chi connectivity index (χ2n) is 7.38. The third-order valence-corrected chi connectivity index (χ3v) is 6.40. The Labute approximate surface area is 183 Å². The van der Waals surface area contributed by atoms with Crippen molar-refractivity contribution in [2.24, 2.45) is 11.7 Å². The highest BCUT2D eigenvalue weighted by Gasteiger charge is 2.32. The van der Waals surface area contributed by atoms with Gasteiger partial charge in [-0.15, -0.1) is 36.2 Å². The molecule has 8 heteroatoms. The highest BCUT2D eigenvalue weighted by Crippen LogP contribution is 2.27. The molecule has 2 atom stereocenters. The number of nitrogens with zero attached hydrogens (tertiary/aromatic N) is 3. The molecule has 1 aromatic heterocycles. The molecule has 5 nitrogen and oxygen atoms in total. The van der Waals surface area contributed by atoms with Crippen molar-refractivity contribution < 1.29 is 4.79 Å². The summed E-state index contributed by atoms with van der Waals surface area (Å²) in [7, 11) is 0. The van der Waals surface area contributed by atoms with E-state index in [0.717, 1.165) is 62.7 Å². The molecule has 2 aliphatic rings. The number of rotatable bonds is 4. The van der Waals surface area contributed by atoms with Gasteiger partial charge in [-0.25, -0.2) is 4.98 Å². The van der Waals surface area contributed by atoms with Crippen LogP contribution in [0.25, 0.3) is 10.6 Å². The van der Waals surface area contributed by atoms with Gasteiger partial charge in [0.2, 0.25) is 5.91 Å². The van der Waals surface area contributed by atoms with E-state index in [1.807, 2.05) is 23.1 Å². The van der Waals surface area contributed by atoms with E-state index in [1.165, 1.54) is 5.56 Å². The molecule has 1 aliphatic carbocycles. The van der Waals surface area contributed by atoms with Crippen molar-refractivity contribution in [3.63, 3.8) is 0 Å². The first-order valence-electron chi connectivity index (χ1n) is 9.45. The zero-order valence-electron chi connectivity index (χ0n) is 15.8. The fourth-order valence-corrected chi connectivity index (χ4v) is 4.76. The van der Waals surface area contributed by atoms with E-state index in [1.54, 1.807) is 11.3 Å². The summed E-state index contributed by atoms with van der Waals surface area (Å²) in [5, 5.41) is 3.23. The lowest BCUT2D eigenvalue weighted by Crippen LogP contribution is -2.49. The summed E-state index contributed by atoms with van der Waals surface area (Å²) >= 11 is 1.70. The molecule has 2 heterocycles. The second-order valence-corrected chi connectivity index (χ2v) is 8.24. The van der Waals surface area contributed by atoms with Gasteiger partial charge in [0.05, 0.1) is 5.69 Å². The number of hydrogen-bond acceptors (Lipinski definition) is 5. The van der Waals surface area contributed by atoms with E-state index in [9.17, 15) is 4.79 Å². The number of halogens is 2. The van der Waals surface area contributed by atoms with Gasteiger partial charge in [0, 0.05) is 55.6 Å². The lowest BCUT2D eigenvalue weighted by Gasteiger charge is -2.35. The molecule has 1 amide bonds. The third kappa shape index (κ3) is 5.45. The molecule has 2 aromatic rings. The van der Waals surface area contributed by atoms with E-state index in [0.29, 0.717) is 5.91 Å². The SMILES string of the molecule is Cl.Cl.NC1CCC(C(=O)N2CCN(Cc3csc(-c4ccccc4)n3)CC2)C1. The molecule has 1 saturated heterocycles. The molecule has 0 bridgehead atoms. The van der Waals surface area contributed by atoms with Gasteiger partial charge in [0.25, 0.3) is 0 Å². The maximum Gasteiger partial charge on any atom is 0.225 e. The number of aromatic nitrogens is 1. The Hall–Kier alpha value is -1.18. The highest BCUT2D eigenvalue weighted by atomic mass is 35.5. The molecule has 154 valence electrons. The minimum Gasteiger partial charge on any atom is -0.340 e. The zero-order chi connectivity index (χ0) is 17.9. The first-order chi connectivity index (χ1) is 12.7. The van der Waals surface area contributed by atoms with Crippen LogP contribution in [0.2, 0.25) is 0 Å². The summed E-state index contributed by atoms with van der Waals surface area (Å²) in [6.45, 7) is 4.34. The van der Waals surface area contributed by atoms with E-state index >= 15 is 0 Å². The van der Waals surface area contributed by atoms with Crippen LogP contribution in [-0.2, 0) is 11.3 Å². The van der Waals surface area contributed by atoms with E-state index in [2.05, 4.69) is 22.4 Å². The molecule has 2 N–H and O–H groups in total. The second kappa shape index (κ2) is 10.6. The maximum atomic E-state index is 12.6. The topological polar surface area (TPSA) is 62.5 Å². The van der Waals surface area contributed by atoms with Gasteiger partial charge < -0.3 is 10.6 Å². The van der Waals surface area contributed by atoms with Crippen LogP contribution in [0.1, 0.15) is 25.0 Å². The van der Waals surface area contributed by atoms with Crippen molar-refractivity contribution in [1.29, 1.82) is 0 Å². The number of carbonyl (C=O) groups is 1. The normalized spacial score (nSPS) is 22.4. The van der Waals surface area contributed by atoms with Crippen LogP contribution in [-0.4, -0.2) is 52.9 Å². The van der Waals surface area contributed by atoms with Crippen molar-refractivity contribution in [3.8, 4) is 10.6 Å². The third-order valence-electron chi connectivity index (χ3n) is 5.46. The number of hydrogen-bond donors (Lipinski definition) is 1. The summed E-state index contributed by atoms with van der Waals surface area (Å²) < 4.78 is 0. The Morgan fingerprint density at radius 3 is 2.46 bits per heavy atom. The summed E-state index contributed by atoms with van der Waals surface area (Å²) in [5.41, 5.74) is 8.26. The molecule has 28 heavy (non-hydrogen) atoms. The van der Waals surface area contributed by atoms with Gasteiger partial charge in [-0.3, -0.25) is 9.69 Å². The molecule has 4 rings (SSSR count). The van der Waals surface area contributed by atoms with E-state index in [4.69, 9.17) is 10.7 Å². The van der Waals surface area contributed by atoms with E-state index < -0.39 is 0 Å². The fourth-order valence-electron chi connectivity index (χ4n) is 3.95. The summed E-state index contributed by atoms with van der Waals surface area (Å²) in [4.78, 5) is 21.8. The minimum absolute atomic E-state index is 0. The average molecular weight is 443 g/mol. The van der Waals surface area contributed by atoms with Gasteiger partial charge in [-0.1, -0.05) is 30.3 Å². The Kier molecular flexibility index (Phi) is 8.71. The first-order valence-corrected chi connectivity index (χ1v) is 10.3.